The van der Waals surface area contributed by atoms with E-state index in [0.717, 1.165) is 18.4 Å². The first-order valence-electron chi connectivity index (χ1n) is 15.2. The van der Waals surface area contributed by atoms with Gasteiger partial charge in [0, 0.05) is 56.0 Å². The molecule has 0 N–H and O–H groups in total. The molecule has 8 heteroatoms. The Hall–Kier alpha value is -3.13. The minimum atomic E-state index is -0.594. The molecule has 2 aromatic rings. The topological polar surface area (TPSA) is 68.3 Å². The van der Waals surface area contributed by atoms with Crippen LogP contribution in [0, 0.1) is 11.7 Å². The van der Waals surface area contributed by atoms with Crippen LogP contribution in [0.4, 0.5) is 9.18 Å². The number of likely N-dealkylation sites (tertiary alicyclic amines) is 1. The van der Waals surface area contributed by atoms with Crippen LogP contribution >= 0.6 is 0 Å². The van der Waals surface area contributed by atoms with Gasteiger partial charge in [0.2, 0.25) is 0 Å². The van der Waals surface area contributed by atoms with E-state index in [4.69, 9.17) is 14.2 Å². The number of rotatable bonds is 11. The molecule has 1 aliphatic heterocycles. The Labute approximate surface area is 251 Å². The lowest BCUT2D eigenvalue weighted by Crippen LogP contribution is -2.54. The second kappa shape index (κ2) is 14.9. The molecule has 3 rings (SSSR count). The van der Waals surface area contributed by atoms with E-state index in [9.17, 15) is 9.59 Å². The van der Waals surface area contributed by atoms with E-state index in [1.807, 2.05) is 45.6 Å². The highest BCUT2D eigenvalue weighted by molar-refractivity contribution is 5.98. The molecule has 42 heavy (non-hydrogen) atoms. The van der Waals surface area contributed by atoms with Crippen molar-refractivity contribution >= 4 is 12.0 Å². The van der Waals surface area contributed by atoms with Crippen molar-refractivity contribution in [1.82, 2.24) is 9.80 Å². The van der Waals surface area contributed by atoms with Crippen LogP contribution in [0.25, 0.3) is 11.1 Å². The Balaban J connectivity index is 2.05. The fraction of sp³-hybridized carbons (Fsp3) is 0.588. The summed E-state index contributed by atoms with van der Waals surface area (Å²) in [5.74, 6) is 0.277. The first-order valence-corrected chi connectivity index (χ1v) is 15.2. The third-order valence-electron chi connectivity index (χ3n) is 7.21. The maximum atomic E-state index is 15.0. The van der Waals surface area contributed by atoms with E-state index in [2.05, 4.69) is 13.8 Å². The average molecular weight is 585 g/mol. The molecule has 1 aliphatic rings. The Morgan fingerprint density at radius 1 is 1.07 bits per heavy atom. The Morgan fingerprint density at radius 3 is 2.40 bits per heavy atom. The van der Waals surface area contributed by atoms with Crippen LogP contribution in [0.1, 0.15) is 83.7 Å². The smallest absolute Gasteiger partial charge is 0.410 e. The molecule has 0 aromatic heterocycles. The van der Waals surface area contributed by atoms with E-state index in [1.165, 1.54) is 6.07 Å². The minimum Gasteiger partial charge on any atom is -0.493 e. The summed E-state index contributed by atoms with van der Waals surface area (Å²) >= 11 is 0. The van der Waals surface area contributed by atoms with Crippen LogP contribution in [0.2, 0.25) is 0 Å². The molecule has 1 saturated heterocycles. The highest BCUT2D eigenvalue weighted by Gasteiger charge is 2.35. The van der Waals surface area contributed by atoms with Crippen LogP contribution < -0.4 is 4.74 Å². The van der Waals surface area contributed by atoms with Gasteiger partial charge < -0.3 is 24.0 Å². The van der Waals surface area contributed by atoms with Crippen molar-refractivity contribution in [2.75, 3.05) is 33.4 Å². The van der Waals surface area contributed by atoms with Crippen LogP contribution in [-0.4, -0.2) is 72.9 Å². The van der Waals surface area contributed by atoms with Gasteiger partial charge in [0.25, 0.3) is 5.91 Å². The molecule has 0 radical (unpaired) electrons. The lowest BCUT2D eigenvalue weighted by atomic mass is 9.91. The molecule has 0 spiro atoms. The average Bonchev–Trinajstić information content (AvgIpc) is 2.90. The predicted octanol–water partition coefficient (Wildman–Crippen LogP) is 7.36. The number of ether oxygens (including phenoxy) is 3. The summed E-state index contributed by atoms with van der Waals surface area (Å²) in [6.07, 6.45) is 2.51. The number of carbonyl (C=O) groups excluding carboxylic acids is 2. The highest BCUT2D eigenvalue weighted by Crippen LogP contribution is 2.37. The standard InChI is InChI=1S/C34H49FN2O5/c1-23(2)19-25-20-29(27-14-9-10-15-30(27)35)31(41-18-12-17-40-8)21-28(25)32(38)37(24(3)4)26-13-11-16-36(22-26)33(39)42-34(5,6)7/h9-10,14-15,20-21,23-24,26H,11-13,16-19,22H2,1-8H3/t26-/m1/s1. The van der Waals surface area contributed by atoms with Gasteiger partial charge in [-0.1, -0.05) is 32.0 Å². The van der Waals surface area contributed by atoms with Gasteiger partial charge >= 0.3 is 6.09 Å². The van der Waals surface area contributed by atoms with Crippen molar-refractivity contribution in [2.45, 2.75) is 91.8 Å². The van der Waals surface area contributed by atoms with Gasteiger partial charge in [-0.3, -0.25) is 4.79 Å². The quantitative estimate of drug-likeness (QED) is 0.258. The SMILES string of the molecule is COCCCOc1cc(C(=O)N(C(C)C)[C@@H]2CCCN(C(=O)OC(C)(C)C)C2)c(CC(C)C)cc1-c1ccccc1F. The van der Waals surface area contributed by atoms with E-state index < -0.39 is 5.60 Å². The number of benzene rings is 2. The molecule has 7 nitrogen and oxygen atoms in total. The number of amides is 2. The number of nitrogens with zero attached hydrogens (tertiary/aromatic N) is 2. The number of piperidine rings is 1. The normalized spacial score (nSPS) is 15.7. The summed E-state index contributed by atoms with van der Waals surface area (Å²) in [6, 6.07) is 10.1. The number of methoxy groups -OCH3 is 1. The minimum absolute atomic E-state index is 0.106. The predicted molar refractivity (Wildman–Crippen MR) is 165 cm³/mol. The summed E-state index contributed by atoms with van der Waals surface area (Å²) in [5, 5.41) is 0. The summed E-state index contributed by atoms with van der Waals surface area (Å²) in [4.78, 5) is 31.0. The Kier molecular flexibility index (Phi) is 11.8. The summed E-state index contributed by atoms with van der Waals surface area (Å²) in [6.45, 7) is 15.7. The second-order valence-electron chi connectivity index (χ2n) is 12.8. The van der Waals surface area contributed by atoms with Gasteiger partial charge in [-0.05, 0) is 83.6 Å². The molecule has 0 bridgehead atoms. The van der Waals surface area contributed by atoms with Gasteiger partial charge in [0.05, 0.1) is 12.6 Å². The van der Waals surface area contributed by atoms with Crippen molar-refractivity contribution in [3.8, 4) is 16.9 Å². The zero-order valence-electron chi connectivity index (χ0n) is 26.7. The molecular formula is C34H49FN2O5. The highest BCUT2D eigenvalue weighted by atomic mass is 19.1. The molecule has 0 saturated carbocycles. The molecule has 2 amide bonds. The lowest BCUT2D eigenvalue weighted by molar-refractivity contribution is 0.00749. The number of hydrogen-bond acceptors (Lipinski definition) is 5. The van der Waals surface area contributed by atoms with Crippen molar-refractivity contribution in [3.63, 3.8) is 0 Å². The first-order chi connectivity index (χ1) is 19.8. The first kappa shape index (κ1) is 33.4. The molecule has 232 valence electrons. The largest absolute Gasteiger partial charge is 0.493 e. The number of hydrogen-bond donors (Lipinski definition) is 0. The van der Waals surface area contributed by atoms with Crippen LogP contribution in [0.3, 0.4) is 0 Å². The second-order valence-corrected chi connectivity index (χ2v) is 12.8. The van der Waals surface area contributed by atoms with E-state index in [-0.39, 0.29) is 35.8 Å². The molecule has 1 atom stereocenters. The maximum Gasteiger partial charge on any atom is 0.410 e. The van der Waals surface area contributed by atoms with Gasteiger partial charge in [0.1, 0.15) is 17.2 Å². The van der Waals surface area contributed by atoms with Crippen LogP contribution in [0.5, 0.6) is 5.75 Å². The zero-order valence-corrected chi connectivity index (χ0v) is 26.7. The van der Waals surface area contributed by atoms with Crippen LogP contribution in [0.15, 0.2) is 36.4 Å². The van der Waals surface area contributed by atoms with E-state index >= 15 is 4.39 Å². The van der Waals surface area contributed by atoms with Crippen molar-refractivity contribution in [3.05, 3.63) is 53.3 Å². The Bertz CT molecular complexity index is 1210. The molecule has 1 fully saturated rings. The molecule has 0 aliphatic carbocycles. The number of halogens is 1. The summed E-state index contributed by atoms with van der Waals surface area (Å²) in [7, 11) is 1.64. The van der Waals surface area contributed by atoms with Gasteiger partial charge in [-0.25, -0.2) is 9.18 Å². The number of carbonyl (C=O) groups is 2. The maximum absolute atomic E-state index is 15.0. The fourth-order valence-electron chi connectivity index (χ4n) is 5.46. The van der Waals surface area contributed by atoms with Crippen molar-refractivity contribution in [2.24, 2.45) is 5.92 Å². The summed E-state index contributed by atoms with van der Waals surface area (Å²) in [5.41, 5.74) is 1.87. The van der Waals surface area contributed by atoms with Gasteiger partial charge in [-0.2, -0.15) is 0 Å². The molecule has 0 unspecified atom stereocenters. The third-order valence-corrected chi connectivity index (χ3v) is 7.21. The fourth-order valence-corrected chi connectivity index (χ4v) is 5.46. The monoisotopic (exact) mass is 584 g/mol. The summed E-state index contributed by atoms with van der Waals surface area (Å²) < 4.78 is 32.0. The van der Waals surface area contributed by atoms with Gasteiger partial charge in [-0.15, -0.1) is 0 Å². The van der Waals surface area contributed by atoms with Crippen molar-refractivity contribution < 1.29 is 28.2 Å². The van der Waals surface area contributed by atoms with Crippen LogP contribution in [-0.2, 0) is 15.9 Å². The third kappa shape index (κ3) is 8.93. The molecule has 2 aromatic carbocycles. The molecular weight excluding hydrogens is 535 g/mol. The van der Waals surface area contributed by atoms with E-state index in [0.29, 0.717) is 61.6 Å². The van der Waals surface area contributed by atoms with E-state index in [1.54, 1.807) is 36.3 Å². The zero-order chi connectivity index (χ0) is 31.0. The Morgan fingerprint density at radius 2 is 1.79 bits per heavy atom. The van der Waals surface area contributed by atoms with Crippen molar-refractivity contribution in [1.29, 1.82) is 0 Å². The van der Waals surface area contributed by atoms with Gasteiger partial charge in [0.15, 0.2) is 0 Å². The molecule has 1 heterocycles. The lowest BCUT2D eigenvalue weighted by Gasteiger charge is -2.42.